The summed E-state index contributed by atoms with van der Waals surface area (Å²) in [6.07, 6.45) is 2.78. The number of hydrogen-bond acceptors (Lipinski definition) is 2. The molecule has 0 heterocycles. The minimum Gasteiger partial charge on any atom is -0.506 e. The van der Waals surface area contributed by atoms with E-state index >= 15 is 0 Å². The molecule has 1 aliphatic carbocycles. The number of aliphatic imine (C=N–C) groups is 1. The van der Waals surface area contributed by atoms with E-state index in [2.05, 4.69) is 47.5 Å². The lowest BCUT2D eigenvalue weighted by atomic mass is 10.0. The summed E-state index contributed by atoms with van der Waals surface area (Å²) in [5.41, 5.74) is 7.01. The van der Waals surface area contributed by atoms with Gasteiger partial charge in [-0.2, -0.15) is 0 Å². The molecule has 0 saturated heterocycles. The molecule has 22 heavy (non-hydrogen) atoms. The highest BCUT2D eigenvalue weighted by molar-refractivity contribution is 5.86. The monoisotopic (exact) mass is 285 g/mol. The summed E-state index contributed by atoms with van der Waals surface area (Å²) in [6.45, 7) is 0. The third kappa shape index (κ3) is 2.19. The minimum atomic E-state index is 0.201. The van der Waals surface area contributed by atoms with Gasteiger partial charge in [-0.05, 0) is 52.4 Å². The van der Waals surface area contributed by atoms with Crippen LogP contribution in [0, 0.1) is 0 Å². The van der Waals surface area contributed by atoms with E-state index in [4.69, 9.17) is 0 Å². The van der Waals surface area contributed by atoms with Gasteiger partial charge in [-0.15, -0.1) is 0 Å². The van der Waals surface area contributed by atoms with Crippen LogP contribution < -0.4 is 0 Å². The molecule has 0 aromatic heterocycles. The van der Waals surface area contributed by atoms with Crippen LogP contribution in [-0.2, 0) is 6.42 Å². The molecule has 0 amide bonds. The minimum absolute atomic E-state index is 0.201. The molecular weight excluding hydrogens is 270 g/mol. The summed E-state index contributed by atoms with van der Waals surface area (Å²) in [4.78, 5) is 4.38. The second-order valence-electron chi connectivity index (χ2n) is 5.50. The van der Waals surface area contributed by atoms with Crippen LogP contribution in [-0.4, -0.2) is 11.3 Å². The Balaban J connectivity index is 1.67. The average Bonchev–Trinajstić information content (AvgIpc) is 2.92. The van der Waals surface area contributed by atoms with E-state index < -0.39 is 0 Å². The molecule has 4 rings (SSSR count). The number of nitrogens with zero attached hydrogens (tertiary/aromatic N) is 1. The van der Waals surface area contributed by atoms with E-state index in [0.717, 1.165) is 12.0 Å². The molecule has 0 radical (unpaired) electrons. The van der Waals surface area contributed by atoms with Crippen molar-refractivity contribution in [1.29, 1.82) is 0 Å². The van der Waals surface area contributed by atoms with Crippen LogP contribution in [0.25, 0.3) is 11.1 Å². The van der Waals surface area contributed by atoms with Crippen LogP contribution in [0.4, 0.5) is 5.69 Å². The summed E-state index contributed by atoms with van der Waals surface area (Å²) in [7, 11) is 0. The first-order chi connectivity index (χ1) is 10.8. The molecule has 2 heteroatoms. The average molecular weight is 285 g/mol. The predicted molar refractivity (Wildman–Crippen MR) is 90.0 cm³/mol. The summed E-state index contributed by atoms with van der Waals surface area (Å²) in [5.74, 6) is 0.201. The summed E-state index contributed by atoms with van der Waals surface area (Å²) in [6, 6.07) is 22.1. The zero-order valence-corrected chi connectivity index (χ0v) is 12.0. The van der Waals surface area contributed by atoms with Crippen LogP contribution in [0.5, 0.6) is 5.75 Å². The molecule has 0 aliphatic heterocycles. The summed E-state index contributed by atoms with van der Waals surface area (Å²) >= 11 is 0. The van der Waals surface area contributed by atoms with Gasteiger partial charge in [-0.1, -0.05) is 48.5 Å². The fraction of sp³-hybridized carbons (Fsp3) is 0.0500. The molecule has 0 spiro atoms. The first-order valence-corrected chi connectivity index (χ1v) is 7.34. The second-order valence-corrected chi connectivity index (χ2v) is 5.50. The Morgan fingerprint density at radius 2 is 1.59 bits per heavy atom. The topological polar surface area (TPSA) is 32.6 Å². The van der Waals surface area contributed by atoms with Crippen molar-refractivity contribution >= 4 is 11.9 Å². The van der Waals surface area contributed by atoms with E-state index in [1.165, 1.54) is 22.3 Å². The zero-order valence-electron chi connectivity index (χ0n) is 12.0. The molecule has 0 unspecified atom stereocenters. The fourth-order valence-corrected chi connectivity index (χ4v) is 2.96. The SMILES string of the molecule is Oc1ccccc1N=Cc1ccc2c(c1)Cc1ccccc1-2. The standard InChI is InChI=1S/C20H15NO/c22-20-8-4-3-7-19(20)21-13-14-9-10-18-16(11-14)12-15-5-1-2-6-17(15)18/h1-11,13,22H,12H2. The molecule has 0 fully saturated rings. The lowest BCUT2D eigenvalue weighted by Gasteiger charge is -2.02. The van der Waals surface area contributed by atoms with Gasteiger partial charge in [-0.25, -0.2) is 0 Å². The Morgan fingerprint density at radius 3 is 2.50 bits per heavy atom. The van der Waals surface area contributed by atoms with Gasteiger partial charge in [0.2, 0.25) is 0 Å². The van der Waals surface area contributed by atoms with Gasteiger partial charge < -0.3 is 5.11 Å². The van der Waals surface area contributed by atoms with Gasteiger partial charge in [0.05, 0.1) is 0 Å². The van der Waals surface area contributed by atoms with Gasteiger partial charge in [0.25, 0.3) is 0 Å². The van der Waals surface area contributed by atoms with Gasteiger partial charge in [-0.3, -0.25) is 4.99 Å². The molecule has 106 valence electrons. The Hall–Kier alpha value is -2.87. The number of phenols is 1. The first-order valence-electron chi connectivity index (χ1n) is 7.34. The van der Waals surface area contributed by atoms with E-state index in [0.29, 0.717) is 5.69 Å². The summed E-state index contributed by atoms with van der Waals surface area (Å²) < 4.78 is 0. The van der Waals surface area contributed by atoms with Gasteiger partial charge in [0.1, 0.15) is 11.4 Å². The van der Waals surface area contributed by atoms with Crippen LogP contribution >= 0.6 is 0 Å². The smallest absolute Gasteiger partial charge is 0.141 e. The highest BCUT2D eigenvalue weighted by Crippen LogP contribution is 2.36. The Morgan fingerprint density at radius 1 is 0.818 bits per heavy atom. The van der Waals surface area contributed by atoms with Gasteiger partial charge in [0.15, 0.2) is 0 Å². The third-order valence-electron chi connectivity index (χ3n) is 4.05. The van der Waals surface area contributed by atoms with Crippen LogP contribution in [0.3, 0.4) is 0 Å². The molecular formula is C20H15NO. The van der Waals surface area contributed by atoms with E-state index in [9.17, 15) is 5.11 Å². The van der Waals surface area contributed by atoms with Crippen LogP contribution in [0.2, 0.25) is 0 Å². The Bertz CT molecular complexity index is 880. The number of benzene rings is 3. The van der Waals surface area contributed by atoms with Gasteiger partial charge in [0, 0.05) is 6.21 Å². The molecule has 1 N–H and O–H groups in total. The lowest BCUT2D eigenvalue weighted by Crippen LogP contribution is -1.86. The molecule has 0 atom stereocenters. The molecule has 3 aromatic carbocycles. The molecule has 2 nitrogen and oxygen atoms in total. The van der Waals surface area contributed by atoms with Crippen molar-refractivity contribution in [3.63, 3.8) is 0 Å². The number of phenolic OH excluding ortho intramolecular Hbond substituents is 1. The predicted octanol–water partition coefficient (Wildman–Crippen LogP) is 4.71. The van der Waals surface area contributed by atoms with Crippen molar-refractivity contribution in [1.82, 2.24) is 0 Å². The molecule has 3 aromatic rings. The fourth-order valence-electron chi connectivity index (χ4n) is 2.96. The molecule has 1 aliphatic rings. The van der Waals surface area contributed by atoms with Crippen LogP contribution in [0.1, 0.15) is 16.7 Å². The maximum absolute atomic E-state index is 9.75. The highest BCUT2D eigenvalue weighted by Gasteiger charge is 2.17. The van der Waals surface area contributed by atoms with Gasteiger partial charge >= 0.3 is 0 Å². The van der Waals surface area contributed by atoms with Crippen molar-refractivity contribution < 1.29 is 5.11 Å². The van der Waals surface area contributed by atoms with E-state index in [1.54, 1.807) is 24.4 Å². The number of fused-ring (bicyclic) bond motifs is 3. The summed E-state index contributed by atoms with van der Waals surface area (Å²) in [5, 5.41) is 9.75. The maximum Gasteiger partial charge on any atom is 0.141 e. The zero-order chi connectivity index (χ0) is 14.9. The third-order valence-corrected chi connectivity index (χ3v) is 4.05. The Kier molecular flexibility index (Phi) is 3.01. The van der Waals surface area contributed by atoms with Crippen molar-refractivity contribution in [3.8, 4) is 16.9 Å². The van der Waals surface area contributed by atoms with Crippen molar-refractivity contribution in [2.45, 2.75) is 6.42 Å². The number of rotatable bonds is 2. The molecule has 0 saturated carbocycles. The normalized spacial score (nSPS) is 12.4. The quantitative estimate of drug-likeness (QED) is 0.531. The van der Waals surface area contributed by atoms with Crippen molar-refractivity contribution in [2.24, 2.45) is 4.99 Å². The lowest BCUT2D eigenvalue weighted by molar-refractivity contribution is 0.477. The largest absolute Gasteiger partial charge is 0.506 e. The second kappa shape index (κ2) is 5.15. The van der Waals surface area contributed by atoms with Crippen LogP contribution in [0.15, 0.2) is 71.7 Å². The first kappa shape index (κ1) is 12.8. The molecule has 0 bridgehead atoms. The van der Waals surface area contributed by atoms with Crippen molar-refractivity contribution in [2.75, 3.05) is 0 Å². The Labute approximate surface area is 129 Å². The number of hydrogen-bond donors (Lipinski definition) is 1. The number of aromatic hydroxyl groups is 1. The maximum atomic E-state index is 9.75. The van der Waals surface area contributed by atoms with Crippen molar-refractivity contribution in [3.05, 3.63) is 83.4 Å². The number of para-hydroxylation sites is 2. The van der Waals surface area contributed by atoms with E-state index in [1.807, 2.05) is 6.07 Å². The highest BCUT2D eigenvalue weighted by atomic mass is 16.3. The van der Waals surface area contributed by atoms with E-state index in [-0.39, 0.29) is 5.75 Å².